The molecule has 1 amide bonds. The van der Waals surface area contributed by atoms with Crippen molar-refractivity contribution in [3.8, 4) is 11.4 Å². The van der Waals surface area contributed by atoms with E-state index >= 15 is 0 Å². The zero-order chi connectivity index (χ0) is 19.4. The van der Waals surface area contributed by atoms with E-state index in [1.807, 2.05) is 19.1 Å². The minimum atomic E-state index is -0.771. The molecule has 2 aromatic carbocycles. The molecule has 1 N–H and O–H groups in total. The summed E-state index contributed by atoms with van der Waals surface area (Å²) >= 11 is 0. The number of hydrogen-bond acceptors (Lipinski definition) is 4. The van der Waals surface area contributed by atoms with Crippen LogP contribution in [0.3, 0.4) is 0 Å². The molecule has 3 rings (SSSR count). The zero-order valence-corrected chi connectivity index (χ0v) is 15.0. The van der Waals surface area contributed by atoms with Crippen molar-refractivity contribution in [2.45, 2.75) is 13.5 Å². The fourth-order valence-electron chi connectivity index (χ4n) is 2.57. The normalized spacial score (nSPS) is 10.4. The summed E-state index contributed by atoms with van der Waals surface area (Å²) in [6.07, 6.45) is 2.88. The van der Waals surface area contributed by atoms with Crippen molar-refractivity contribution in [1.29, 1.82) is 0 Å². The molecule has 1 heterocycles. The van der Waals surface area contributed by atoms with E-state index in [-0.39, 0.29) is 12.5 Å². The lowest BCUT2D eigenvalue weighted by Crippen LogP contribution is -2.41. The van der Waals surface area contributed by atoms with Gasteiger partial charge in [0.05, 0.1) is 7.11 Å². The van der Waals surface area contributed by atoms with Crippen LogP contribution in [0.4, 0.5) is 5.69 Å². The molecule has 0 saturated carbocycles. The lowest BCUT2D eigenvalue weighted by Gasteiger charge is -2.10. The summed E-state index contributed by atoms with van der Waals surface area (Å²) in [6, 6.07) is 14.0. The van der Waals surface area contributed by atoms with Gasteiger partial charge in [-0.25, -0.2) is 0 Å². The van der Waals surface area contributed by atoms with Crippen LogP contribution in [0.15, 0.2) is 70.5 Å². The predicted molar refractivity (Wildman–Crippen MR) is 103 cm³/mol. The molecule has 3 aromatic rings. The van der Waals surface area contributed by atoms with Crippen molar-refractivity contribution in [3.05, 3.63) is 87.2 Å². The van der Waals surface area contributed by atoms with Gasteiger partial charge in [0, 0.05) is 23.8 Å². The van der Waals surface area contributed by atoms with E-state index in [0.29, 0.717) is 17.1 Å². The Morgan fingerprint density at radius 1 is 0.963 bits per heavy atom. The van der Waals surface area contributed by atoms with Crippen LogP contribution in [0.2, 0.25) is 0 Å². The molecular weight excluding hydrogens is 346 g/mol. The van der Waals surface area contributed by atoms with Crippen molar-refractivity contribution in [1.82, 2.24) is 9.13 Å². The predicted octanol–water partition coefficient (Wildman–Crippen LogP) is 1.95. The number of benzene rings is 2. The van der Waals surface area contributed by atoms with Gasteiger partial charge in [0.25, 0.3) is 0 Å². The van der Waals surface area contributed by atoms with E-state index in [1.54, 1.807) is 43.5 Å². The molecule has 27 heavy (non-hydrogen) atoms. The monoisotopic (exact) mass is 365 g/mol. The van der Waals surface area contributed by atoms with Crippen LogP contribution < -0.4 is 21.2 Å². The van der Waals surface area contributed by atoms with Gasteiger partial charge in [-0.3, -0.25) is 23.5 Å². The van der Waals surface area contributed by atoms with Crippen LogP contribution in [0.5, 0.6) is 5.75 Å². The minimum absolute atomic E-state index is 0.245. The van der Waals surface area contributed by atoms with Gasteiger partial charge in [-0.05, 0) is 43.3 Å². The summed E-state index contributed by atoms with van der Waals surface area (Å²) in [4.78, 5) is 36.9. The van der Waals surface area contributed by atoms with Gasteiger partial charge >= 0.3 is 11.1 Å². The van der Waals surface area contributed by atoms with E-state index in [4.69, 9.17) is 4.74 Å². The fourth-order valence-corrected chi connectivity index (χ4v) is 2.57. The quantitative estimate of drug-likeness (QED) is 0.701. The maximum absolute atomic E-state index is 12.4. The highest BCUT2D eigenvalue weighted by atomic mass is 16.5. The van der Waals surface area contributed by atoms with E-state index < -0.39 is 11.1 Å². The molecule has 0 aliphatic heterocycles. The van der Waals surface area contributed by atoms with Crippen molar-refractivity contribution in [3.63, 3.8) is 0 Å². The molecule has 138 valence electrons. The number of methoxy groups -OCH3 is 1. The lowest BCUT2D eigenvalue weighted by atomic mass is 10.2. The van der Waals surface area contributed by atoms with Gasteiger partial charge in [0.2, 0.25) is 5.91 Å². The Kier molecular flexibility index (Phi) is 5.21. The van der Waals surface area contributed by atoms with E-state index in [0.717, 1.165) is 10.1 Å². The van der Waals surface area contributed by atoms with Gasteiger partial charge in [-0.2, -0.15) is 0 Å². The van der Waals surface area contributed by atoms with Crippen LogP contribution in [-0.4, -0.2) is 22.2 Å². The molecule has 0 fully saturated rings. The Bertz CT molecular complexity index is 1060. The Morgan fingerprint density at radius 2 is 1.63 bits per heavy atom. The number of nitrogens with zero attached hydrogens (tertiary/aromatic N) is 2. The smallest absolute Gasteiger partial charge is 0.320 e. The number of aromatic nitrogens is 2. The number of carbonyl (C=O) groups excluding carboxylic acids is 1. The molecule has 0 bridgehead atoms. The first-order chi connectivity index (χ1) is 13.0. The summed E-state index contributed by atoms with van der Waals surface area (Å²) in [5, 5.41) is 2.70. The highest BCUT2D eigenvalue weighted by Crippen LogP contribution is 2.13. The first-order valence-electron chi connectivity index (χ1n) is 8.31. The fraction of sp³-hybridized carbons (Fsp3) is 0.150. The number of amides is 1. The maximum atomic E-state index is 12.4. The highest BCUT2D eigenvalue weighted by Gasteiger charge is 2.10. The van der Waals surface area contributed by atoms with E-state index in [9.17, 15) is 14.4 Å². The third kappa shape index (κ3) is 4.14. The van der Waals surface area contributed by atoms with Crippen LogP contribution in [0.1, 0.15) is 5.56 Å². The number of anilines is 1. The number of rotatable bonds is 5. The van der Waals surface area contributed by atoms with Crippen molar-refractivity contribution < 1.29 is 9.53 Å². The first kappa shape index (κ1) is 18.2. The highest BCUT2D eigenvalue weighted by molar-refractivity contribution is 5.90. The topological polar surface area (TPSA) is 82.3 Å². The maximum Gasteiger partial charge on any atom is 0.320 e. The minimum Gasteiger partial charge on any atom is -0.497 e. The third-order valence-electron chi connectivity index (χ3n) is 4.06. The van der Waals surface area contributed by atoms with Crippen molar-refractivity contribution in [2.24, 2.45) is 0 Å². The molecule has 7 nitrogen and oxygen atoms in total. The van der Waals surface area contributed by atoms with Crippen LogP contribution in [-0.2, 0) is 11.3 Å². The molecule has 0 unspecified atom stereocenters. The number of carbonyl (C=O) groups is 1. The lowest BCUT2D eigenvalue weighted by molar-refractivity contribution is -0.116. The molecule has 0 radical (unpaired) electrons. The Hall–Kier alpha value is -3.61. The largest absolute Gasteiger partial charge is 0.497 e. The van der Waals surface area contributed by atoms with Crippen molar-refractivity contribution >= 4 is 11.6 Å². The standard InChI is InChI=1S/C20H19N3O4/c1-14-3-5-15(6-4-14)21-18(24)13-22-11-12-23(20(26)19(22)25)16-7-9-17(27-2)10-8-16/h3-12H,13H2,1-2H3,(H,21,24). The summed E-state index contributed by atoms with van der Waals surface area (Å²) in [5.74, 6) is 0.260. The SMILES string of the molecule is COc1ccc(-n2ccn(CC(=O)Nc3ccc(C)cc3)c(=O)c2=O)cc1. The molecule has 0 spiro atoms. The van der Waals surface area contributed by atoms with Gasteiger partial charge in [0.15, 0.2) is 0 Å². The van der Waals surface area contributed by atoms with Gasteiger partial charge < -0.3 is 10.1 Å². The number of hydrogen-bond donors (Lipinski definition) is 1. The van der Waals surface area contributed by atoms with Crippen LogP contribution in [0.25, 0.3) is 5.69 Å². The summed E-state index contributed by atoms with van der Waals surface area (Å²) < 4.78 is 7.40. The molecule has 7 heteroatoms. The molecule has 0 aliphatic rings. The second-order valence-corrected chi connectivity index (χ2v) is 6.02. The Morgan fingerprint density at radius 3 is 2.26 bits per heavy atom. The average molecular weight is 365 g/mol. The van der Waals surface area contributed by atoms with Crippen LogP contribution in [0, 0.1) is 6.92 Å². The summed E-state index contributed by atoms with van der Waals surface area (Å²) in [7, 11) is 1.55. The summed E-state index contributed by atoms with van der Waals surface area (Å²) in [5.41, 5.74) is 0.740. The van der Waals surface area contributed by atoms with Gasteiger partial charge in [-0.15, -0.1) is 0 Å². The Labute approximate surface area is 155 Å². The number of nitrogens with one attached hydrogen (secondary N) is 1. The third-order valence-corrected chi connectivity index (χ3v) is 4.06. The second-order valence-electron chi connectivity index (χ2n) is 6.02. The van der Waals surface area contributed by atoms with E-state index in [2.05, 4.69) is 5.32 Å². The van der Waals surface area contributed by atoms with Crippen molar-refractivity contribution in [2.75, 3.05) is 12.4 Å². The van der Waals surface area contributed by atoms with Crippen LogP contribution >= 0.6 is 0 Å². The van der Waals surface area contributed by atoms with Gasteiger partial charge in [-0.1, -0.05) is 17.7 Å². The Balaban J connectivity index is 1.80. The number of aryl methyl sites for hydroxylation is 1. The molecule has 0 atom stereocenters. The van der Waals surface area contributed by atoms with E-state index in [1.165, 1.54) is 17.0 Å². The molecule has 1 aromatic heterocycles. The molecule has 0 saturated heterocycles. The molecule has 0 aliphatic carbocycles. The average Bonchev–Trinajstić information content (AvgIpc) is 2.68. The summed E-state index contributed by atoms with van der Waals surface area (Å²) in [6.45, 7) is 1.70. The number of ether oxygens (including phenoxy) is 1. The second kappa shape index (κ2) is 7.74. The first-order valence-corrected chi connectivity index (χ1v) is 8.31. The zero-order valence-electron chi connectivity index (χ0n) is 15.0. The molecular formula is C20H19N3O4. The van der Waals surface area contributed by atoms with Gasteiger partial charge in [0.1, 0.15) is 12.3 Å².